The lowest BCUT2D eigenvalue weighted by molar-refractivity contribution is -0.167. The lowest BCUT2D eigenvalue weighted by atomic mass is 10.0. The van der Waals surface area contributed by atoms with Gasteiger partial charge in [0.15, 0.2) is 6.10 Å². The van der Waals surface area contributed by atoms with E-state index in [1.54, 1.807) is 0 Å². The van der Waals surface area contributed by atoms with Gasteiger partial charge in [-0.15, -0.1) is 0 Å². The molecule has 0 saturated carbocycles. The van der Waals surface area contributed by atoms with Crippen LogP contribution in [-0.4, -0.2) is 37.2 Å². The van der Waals surface area contributed by atoms with Gasteiger partial charge in [-0.05, 0) is 44.9 Å². The number of esters is 3. The van der Waals surface area contributed by atoms with Gasteiger partial charge in [0.25, 0.3) is 0 Å². The third-order valence-electron chi connectivity index (χ3n) is 16.5. The maximum Gasteiger partial charge on any atom is 0.306 e. The van der Waals surface area contributed by atoms with E-state index >= 15 is 0 Å². The van der Waals surface area contributed by atoms with Gasteiger partial charge in [-0.2, -0.15) is 0 Å². The monoisotopic (exact) mass is 1100 g/mol. The topological polar surface area (TPSA) is 78.9 Å². The molecule has 0 fully saturated rings. The lowest BCUT2D eigenvalue weighted by Crippen LogP contribution is -2.30. The van der Waals surface area contributed by atoms with Crippen molar-refractivity contribution in [3.05, 3.63) is 12.2 Å². The molecule has 78 heavy (non-hydrogen) atoms. The summed E-state index contributed by atoms with van der Waals surface area (Å²) in [7, 11) is 0. The summed E-state index contributed by atoms with van der Waals surface area (Å²) in [6, 6.07) is 0. The molecule has 6 nitrogen and oxygen atoms in total. The van der Waals surface area contributed by atoms with E-state index in [1.165, 1.54) is 308 Å². The third-order valence-corrected chi connectivity index (χ3v) is 16.5. The highest BCUT2D eigenvalue weighted by Crippen LogP contribution is 2.19. The zero-order chi connectivity index (χ0) is 56.4. The molecule has 0 aliphatic rings. The average Bonchev–Trinajstić information content (AvgIpc) is 3.44. The minimum atomic E-state index is -0.770. The smallest absolute Gasteiger partial charge is 0.306 e. The van der Waals surface area contributed by atoms with Crippen LogP contribution in [0.15, 0.2) is 12.2 Å². The molecule has 0 aliphatic heterocycles. The standard InChI is InChI=1S/C72H138O6/c1-4-7-10-13-16-19-22-25-28-30-32-33-34-35-36-37-38-39-40-42-44-47-50-53-56-59-62-65-71(74)77-68-69(67-76-70(73)64-61-58-55-52-49-46-43-27-24-21-18-15-12-9-6-3)78-72(75)66-63-60-57-54-51-48-45-41-31-29-26-23-20-17-14-11-8-5-2/h27,43,69H,4-26,28-42,44-68H2,1-3H3/b43-27-. The van der Waals surface area contributed by atoms with E-state index in [-0.39, 0.29) is 31.1 Å². The summed E-state index contributed by atoms with van der Waals surface area (Å²) in [5.74, 6) is -0.839. The van der Waals surface area contributed by atoms with E-state index in [2.05, 4.69) is 32.9 Å². The van der Waals surface area contributed by atoms with Crippen molar-refractivity contribution in [3.63, 3.8) is 0 Å². The van der Waals surface area contributed by atoms with Crippen LogP contribution < -0.4 is 0 Å². The normalized spacial score (nSPS) is 12.0. The van der Waals surface area contributed by atoms with Gasteiger partial charge in [0.05, 0.1) is 0 Å². The summed E-state index contributed by atoms with van der Waals surface area (Å²) in [6.45, 7) is 6.72. The molecule has 0 spiro atoms. The lowest BCUT2D eigenvalue weighted by Gasteiger charge is -2.18. The van der Waals surface area contributed by atoms with Crippen LogP contribution in [0.4, 0.5) is 0 Å². The quantitative estimate of drug-likeness (QED) is 0.0261. The largest absolute Gasteiger partial charge is 0.462 e. The molecule has 0 amide bonds. The highest BCUT2D eigenvalue weighted by Gasteiger charge is 2.19. The molecule has 0 heterocycles. The number of allylic oxidation sites excluding steroid dienone is 2. The first-order valence-corrected chi connectivity index (χ1v) is 35.7. The Labute approximate surface area is 488 Å². The van der Waals surface area contributed by atoms with Crippen LogP contribution in [0.5, 0.6) is 0 Å². The van der Waals surface area contributed by atoms with Gasteiger partial charge in [0.1, 0.15) is 13.2 Å². The Bertz CT molecular complexity index is 1210. The van der Waals surface area contributed by atoms with Crippen molar-refractivity contribution in [2.24, 2.45) is 0 Å². The molecule has 6 heteroatoms. The molecule has 0 aromatic rings. The van der Waals surface area contributed by atoms with Crippen LogP contribution in [0.2, 0.25) is 0 Å². The van der Waals surface area contributed by atoms with Crippen LogP contribution >= 0.6 is 0 Å². The fourth-order valence-electron chi connectivity index (χ4n) is 11.2. The number of rotatable bonds is 67. The zero-order valence-corrected chi connectivity index (χ0v) is 53.2. The van der Waals surface area contributed by atoms with Gasteiger partial charge in [0.2, 0.25) is 0 Å². The zero-order valence-electron chi connectivity index (χ0n) is 53.2. The van der Waals surface area contributed by atoms with Crippen molar-refractivity contribution in [3.8, 4) is 0 Å². The summed E-state index contributed by atoms with van der Waals surface area (Å²) >= 11 is 0. The summed E-state index contributed by atoms with van der Waals surface area (Å²) in [6.07, 6.45) is 81.0. The molecule has 0 aliphatic carbocycles. The minimum absolute atomic E-state index is 0.0656. The second-order valence-corrected chi connectivity index (χ2v) is 24.5. The molecule has 0 aromatic heterocycles. The second-order valence-electron chi connectivity index (χ2n) is 24.5. The molecular formula is C72H138O6. The van der Waals surface area contributed by atoms with E-state index in [1.807, 2.05) is 0 Å². The number of carbonyl (C=O) groups is 3. The SMILES string of the molecule is CCCCCCCC/C=C\CCCCCCCC(=O)OCC(COC(=O)CCCCCCCCCCCCCCCCCCCCCCCCCCCCC)OC(=O)CCCCCCCCCCCCCCCCCCCC. The van der Waals surface area contributed by atoms with Crippen molar-refractivity contribution in [2.45, 2.75) is 419 Å². The van der Waals surface area contributed by atoms with Crippen LogP contribution in [0, 0.1) is 0 Å². The van der Waals surface area contributed by atoms with Crippen molar-refractivity contribution < 1.29 is 28.6 Å². The van der Waals surface area contributed by atoms with Gasteiger partial charge < -0.3 is 14.2 Å². The Kier molecular flexibility index (Phi) is 66.0. The van der Waals surface area contributed by atoms with Crippen LogP contribution in [0.1, 0.15) is 412 Å². The van der Waals surface area contributed by atoms with Gasteiger partial charge in [0, 0.05) is 19.3 Å². The fraction of sp³-hybridized carbons (Fsp3) is 0.931. The van der Waals surface area contributed by atoms with E-state index in [4.69, 9.17) is 14.2 Å². The summed E-state index contributed by atoms with van der Waals surface area (Å²) in [5.41, 5.74) is 0. The van der Waals surface area contributed by atoms with Crippen LogP contribution in [0.3, 0.4) is 0 Å². The van der Waals surface area contributed by atoms with Crippen molar-refractivity contribution in [1.29, 1.82) is 0 Å². The van der Waals surface area contributed by atoms with Crippen LogP contribution in [-0.2, 0) is 28.6 Å². The first kappa shape index (κ1) is 76.1. The summed E-state index contributed by atoms with van der Waals surface area (Å²) in [5, 5.41) is 0. The number of ether oxygens (including phenoxy) is 3. The summed E-state index contributed by atoms with van der Waals surface area (Å²) in [4.78, 5) is 38.4. The van der Waals surface area contributed by atoms with Crippen molar-refractivity contribution >= 4 is 17.9 Å². The van der Waals surface area contributed by atoms with Gasteiger partial charge in [-0.1, -0.05) is 360 Å². The number of hydrogen-bond donors (Lipinski definition) is 0. The number of hydrogen-bond acceptors (Lipinski definition) is 6. The maximum atomic E-state index is 12.9. The minimum Gasteiger partial charge on any atom is -0.462 e. The van der Waals surface area contributed by atoms with Crippen LogP contribution in [0.25, 0.3) is 0 Å². The molecule has 462 valence electrons. The summed E-state index contributed by atoms with van der Waals surface area (Å²) < 4.78 is 17.0. The molecule has 0 bridgehead atoms. The van der Waals surface area contributed by atoms with Crippen molar-refractivity contribution in [2.75, 3.05) is 13.2 Å². The Morgan fingerprint density at radius 3 is 0.641 bits per heavy atom. The first-order valence-electron chi connectivity index (χ1n) is 35.7. The van der Waals surface area contributed by atoms with E-state index in [9.17, 15) is 14.4 Å². The number of carbonyl (C=O) groups excluding carboxylic acids is 3. The molecule has 0 aromatic carbocycles. The number of unbranched alkanes of at least 4 members (excludes halogenated alkanes) is 54. The van der Waals surface area contributed by atoms with E-state index in [0.717, 1.165) is 64.2 Å². The molecule has 1 atom stereocenters. The van der Waals surface area contributed by atoms with E-state index in [0.29, 0.717) is 19.3 Å². The highest BCUT2D eigenvalue weighted by atomic mass is 16.6. The molecule has 0 saturated heterocycles. The predicted molar refractivity (Wildman–Crippen MR) is 340 cm³/mol. The predicted octanol–water partition coefficient (Wildman–Crippen LogP) is 24.4. The Morgan fingerprint density at radius 2 is 0.423 bits per heavy atom. The maximum absolute atomic E-state index is 12.9. The Hall–Kier alpha value is -1.85. The molecule has 0 rings (SSSR count). The first-order chi connectivity index (χ1) is 38.5. The van der Waals surface area contributed by atoms with Gasteiger partial charge in [-0.25, -0.2) is 0 Å². The highest BCUT2D eigenvalue weighted by molar-refractivity contribution is 5.71. The second kappa shape index (κ2) is 67.7. The van der Waals surface area contributed by atoms with Gasteiger partial charge in [-0.3, -0.25) is 14.4 Å². The fourth-order valence-corrected chi connectivity index (χ4v) is 11.2. The van der Waals surface area contributed by atoms with Crippen molar-refractivity contribution in [1.82, 2.24) is 0 Å². The third kappa shape index (κ3) is 65.0. The Balaban J connectivity index is 4.20. The molecule has 1 unspecified atom stereocenters. The molecule has 0 N–H and O–H groups in total. The van der Waals surface area contributed by atoms with E-state index < -0.39 is 6.10 Å². The van der Waals surface area contributed by atoms with Gasteiger partial charge >= 0.3 is 17.9 Å². The molecular weight excluding hydrogens is 961 g/mol. The average molecular weight is 1100 g/mol. The molecule has 0 radical (unpaired) electrons. The Morgan fingerprint density at radius 1 is 0.244 bits per heavy atom.